The highest BCUT2D eigenvalue weighted by molar-refractivity contribution is 7.18. The average Bonchev–Trinajstić information content (AvgIpc) is 2.89. The number of aryl methyl sites for hydroxylation is 1. The van der Waals surface area contributed by atoms with Crippen molar-refractivity contribution in [2.45, 2.75) is 26.7 Å². The highest BCUT2D eigenvalue weighted by Gasteiger charge is 2.10. The van der Waals surface area contributed by atoms with Gasteiger partial charge in [0.05, 0.1) is 5.39 Å². The van der Waals surface area contributed by atoms with Gasteiger partial charge in [-0.25, -0.2) is 10.8 Å². The van der Waals surface area contributed by atoms with E-state index in [1.54, 1.807) is 11.3 Å². The van der Waals surface area contributed by atoms with E-state index in [1.807, 2.05) is 6.92 Å². The van der Waals surface area contributed by atoms with Crippen molar-refractivity contribution in [3.05, 3.63) is 10.9 Å². The van der Waals surface area contributed by atoms with E-state index in [2.05, 4.69) is 33.7 Å². The summed E-state index contributed by atoms with van der Waals surface area (Å²) in [5.74, 6) is 6.69. The molecule has 0 spiro atoms. The van der Waals surface area contributed by atoms with Crippen molar-refractivity contribution in [1.82, 2.24) is 9.97 Å². The van der Waals surface area contributed by atoms with Crippen molar-refractivity contribution in [1.29, 1.82) is 0 Å². The fourth-order valence-corrected chi connectivity index (χ4v) is 2.84. The van der Waals surface area contributed by atoms with Gasteiger partial charge in [-0.1, -0.05) is 6.92 Å². The largest absolute Gasteiger partial charge is 0.382 e. The number of nitrogens with zero attached hydrogens (tertiary/aromatic N) is 2. The zero-order valence-electron chi connectivity index (χ0n) is 11.9. The summed E-state index contributed by atoms with van der Waals surface area (Å²) in [6.07, 6.45) is 1.94. The second-order valence-electron chi connectivity index (χ2n) is 4.30. The fourth-order valence-electron chi connectivity index (χ4n) is 1.87. The van der Waals surface area contributed by atoms with Gasteiger partial charge in [0.25, 0.3) is 0 Å². The van der Waals surface area contributed by atoms with E-state index < -0.39 is 0 Å². The smallest absolute Gasteiger partial charge is 0.240 e. The van der Waals surface area contributed by atoms with Gasteiger partial charge in [-0.3, -0.25) is 5.43 Å². The molecule has 0 aliphatic carbocycles. The maximum atomic E-state index is 5.43. The summed E-state index contributed by atoms with van der Waals surface area (Å²) in [7, 11) is 0. The summed E-state index contributed by atoms with van der Waals surface area (Å²) in [6.45, 7) is 6.45. The molecule has 0 aliphatic heterocycles. The number of rotatable bonds is 8. The second kappa shape index (κ2) is 7.37. The van der Waals surface area contributed by atoms with Crippen LogP contribution in [-0.2, 0) is 11.2 Å². The van der Waals surface area contributed by atoms with Gasteiger partial charge in [0.2, 0.25) is 5.95 Å². The fraction of sp³-hybridized carbons (Fsp3) is 0.538. The molecule has 2 aromatic heterocycles. The number of nitrogen functional groups attached to an aromatic ring is 1. The van der Waals surface area contributed by atoms with Crippen LogP contribution in [-0.4, -0.2) is 29.7 Å². The Bertz CT molecular complexity index is 557. The van der Waals surface area contributed by atoms with Crippen molar-refractivity contribution < 1.29 is 4.74 Å². The first-order valence-electron chi connectivity index (χ1n) is 6.87. The summed E-state index contributed by atoms with van der Waals surface area (Å²) in [5.41, 5.74) is 2.52. The van der Waals surface area contributed by atoms with Gasteiger partial charge in [0.15, 0.2) is 0 Å². The SMILES string of the molecule is CCOCCCNc1nc(NN)nc2sc(CC)cc12. The maximum absolute atomic E-state index is 5.43. The van der Waals surface area contributed by atoms with Crippen molar-refractivity contribution in [2.24, 2.45) is 5.84 Å². The summed E-state index contributed by atoms with van der Waals surface area (Å²) in [4.78, 5) is 11.0. The molecule has 110 valence electrons. The molecular formula is C13H21N5OS. The molecule has 0 aromatic carbocycles. The van der Waals surface area contributed by atoms with Gasteiger partial charge in [-0.15, -0.1) is 11.3 Å². The van der Waals surface area contributed by atoms with Crippen molar-refractivity contribution in [3.8, 4) is 0 Å². The minimum Gasteiger partial charge on any atom is -0.382 e. The molecule has 4 N–H and O–H groups in total. The number of hydrogen-bond acceptors (Lipinski definition) is 7. The summed E-state index contributed by atoms with van der Waals surface area (Å²) in [6, 6.07) is 2.14. The Morgan fingerprint density at radius 2 is 2.20 bits per heavy atom. The first-order valence-corrected chi connectivity index (χ1v) is 7.68. The van der Waals surface area contributed by atoms with Gasteiger partial charge in [-0.2, -0.15) is 4.98 Å². The molecule has 0 unspecified atom stereocenters. The van der Waals surface area contributed by atoms with Crippen LogP contribution >= 0.6 is 11.3 Å². The quantitative estimate of drug-likeness (QED) is 0.394. The Hall–Kier alpha value is -1.44. The highest BCUT2D eigenvalue weighted by atomic mass is 32.1. The number of nitrogens with one attached hydrogen (secondary N) is 2. The first-order chi connectivity index (χ1) is 9.78. The summed E-state index contributed by atoms with van der Waals surface area (Å²) >= 11 is 1.68. The van der Waals surface area contributed by atoms with Crippen LogP contribution in [0.15, 0.2) is 6.07 Å². The molecule has 2 rings (SSSR count). The zero-order valence-corrected chi connectivity index (χ0v) is 12.7. The van der Waals surface area contributed by atoms with Gasteiger partial charge >= 0.3 is 0 Å². The first kappa shape index (κ1) is 15.0. The molecule has 0 fully saturated rings. The van der Waals surface area contributed by atoms with E-state index in [1.165, 1.54) is 4.88 Å². The third kappa shape index (κ3) is 3.56. The third-order valence-corrected chi connectivity index (χ3v) is 4.06. The molecule has 0 bridgehead atoms. The van der Waals surface area contributed by atoms with Crippen molar-refractivity contribution in [2.75, 3.05) is 30.5 Å². The molecule has 0 amide bonds. The van der Waals surface area contributed by atoms with Crippen LogP contribution in [0.4, 0.5) is 11.8 Å². The summed E-state index contributed by atoms with van der Waals surface area (Å²) in [5, 5.41) is 4.40. The number of nitrogens with two attached hydrogens (primary N) is 1. The Morgan fingerprint density at radius 1 is 1.35 bits per heavy atom. The second-order valence-corrected chi connectivity index (χ2v) is 5.42. The Labute approximate surface area is 122 Å². The Balaban J connectivity index is 2.14. The van der Waals surface area contributed by atoms with E-state index in [4.69, 9.17) is 10.6 Å². The van der Waals surface area contributed by atoms with Gasteiger partial charge in [0, 0.05) is 24.6 Å². The van der Waals surface area contributed by atoms with Crippen molar-refractivity contribution >= 4 is 33.3 Å². The molecular weight excluding hydrogens is 274 g/mol. The molecule has 0 radical (unpaired) electrons. The number of aromatic nitrogens is 2. The standard InChI is InChI=1S/C13H21N5OS/c1-3-9-8-10-11(15-6-5-7-19-4-2)16-13(18-14)17-12(10)20-9/h8H,3-7,14H2,1-2H3,(H2,15,16,17,18). The monoisotopic (exact) mass is 295 g/mol. The number of ether oxygens (including phenoxy) is 1. The normalized spacial score (nSPS) is 10.9. The lowest BCUT2D eigenvalue weighted by Crippen LogP contribution is -2.13. The Kier molecular flexibility index (Phi) is 5.51. The van der Waals surface area contributed by atoms with Crippen LogP contribution in [0.3, 0.4) is 0 Å². The van der Waals surface area contributed by atoms with Crippen molar-refractivity contribution in [3.63, 3.8) is 0 Å². The maximum Gasteiger partial charge on any atom is 0.240 e. The summed E-state index contributed by atoms with van der Waals surface area (Å²) < 4.78 is 5.32. The third-order valence-electron chi connectivity index (χ3n) is 2.88. The Morgan fingerprint density at radius 3 is 2.90 bits per heavy atom. The number of fused-ring (bicyclic) bond motifs is 1. The van der Waals surface area contributed by atoms with E-state index in [0.29, 0.717) is 5.95 Å². The lowest BCUT2D eigenvalue weighted by atomic mass is 10.3. The van der Waals surface area contributed by atoms with E-state index in [-0.39, 0.29) is 0 Å². The number of hydrazine groups is 1. The molecule has 0 atom stereocenters. The predicted molar refractivity (Wildman–Crippen MR) is 84.2 cm³/mol. The van der Waals surface area contributed by atoms with Crippen LogP contribution in [0.25, 0.3) is 10.2 Å². The molecule has 2 aromatic rings. The minimum absolute atomic E-state index is 0.439. The van der Waals surface area contributed by atoms with Crippen LogP contribution < -0.4 is 16.6 Å². The van der Waals surface area contributed by atoms with Gasteiger partial charge in [0.1, 0.15) is 10.6 Å². The molecule has 0 saturated heterocycles. The minimum atomic E-state index is 0.439. The highest BCUT2D eigenvalue weighted by Crippen LogP contribution is 2.30. The van der Waals surface area contributed by atoms with E-state index >= 15 is 0 Å². The van der Waals surface area contributed by atoms with Crippen LogP contribution in [0.2, 0.25) is 0 Å². The van der Waals surface area contributed by atoms with E-state index in [9.17, 15) is 0 Å². The predicted octanol–water partition coefficient (Wildman–Crippen LogP) is 2.38. The lowest BCUT2D eigenvalue weighted by Gasteiger charge is -2.08. The van der Waals surface area contributed by atoms with Crippen LogP contribution in [0, 0.1) is 0 Å². The van der Waals surface area contributed by atoms with Crippen LogP contribution in [0.1, 0.15) is 25.1 Å². The zero-order chi connectivity index (χ0) is 14.4. The molecule has 6 nitrogen and oxygen atoms in total. The number of hydrogen-bond donors (Lipinski definition) is 3. The van der Waals surface area contributed by atoms with Gasteiger partial charge < -0.3 is 10.1 Å². The number of thiophene rings is 1. The van der Waals surface area contributed by atoms with Crippen LogP contribution in [0.5, 0.6) is 0 Å². The van der Waals surface area contributed by atoms with Gasteiger partial charge in [-0.05, 0) is 25.8 Å². The average molecular weight is 295 g/mol. The van der Waals surface area contributed by atoms with E-state index in [0.717, 1.165) is 48.6 Å². The number of anilines is 2. The molecule has 2 heterocycles. The molecule has 7 heteroatoms. The molecule has 0 aliphatic rings. The lowest BCUT2D eigenvalue weighted by molar-refractivity contribution is 0.147. The molecule has 20 heavy (non-hydrogen) atoms. The molecule has 0 saturated carbocycles. The topological polar surface area (TPSA) is 85.1 Å².